The Labute approximate surface area is 138 Å². The van der Waals surface area contributed by atoms with Gasteiger partial charge in [0.05, 0.1) is 0 Å². The molecule has 2 aromatic carbocycles. The number of rotatable bonds is 4. The summed E-state index contributed by atoms with van der Waals surface area (Å²) in [5.74, 6) is 2.03. The highest BCUT2D eigenvalue weighted by atomic mass is 79.9. The van der Waals surface area contributed by atoms with E-state index in [9.17, 15) is 4.79 Å². The van der Waals surface area contributed by atoms with Crippen LogP contribution in [-0.4, -0.2) is 17.8 Å². The van der Waals surface area contributed by atoms with Gasteiger partial charge in [0.15, 0.2) is 0 Å². The van der Waals surface area contributed by atoms with Gasteiger partial charge in [0.25, 0.3) is 0 Å². The number of amides is 1. The zero-order valence-corrected chi connectivity index (χ0v) is 13.6. The summed E-state index contributed by atoms with van der Waals surface area (Å²) in [6.07, 6.45) is 0.606. The Morgan fingerprint density at radius 1 is 1.09 bits per heavy atom. The number of halogens is 1. The van der Waals surface area contributed by atoms with Crippen LogP contribution in [0.25, 0.3) is 0 Å². The molecule has 0 aliphatic carbocycles. The second kappa shape index (κ2) is 6.40. The zero-order chi connectivity index (χ0) is 15.5. The summed E-state index contributed by atoms with van der Waals surface area (Å²) in [6.45, 7) is 0.766. The highest BCUT2D eigenvalue weighted by Gasteiger charge is 2.29. The number of alkyl halides is 1. The van der Waals surface area contributed by atoms with Crippen molar-refractivity contribution in [3.05, 3.63) is 48.5 Å². The van der Waals surface area contributed by atoms with Crippen LogP contribution in [0, 0.1) is 5.92 Å². The molecule has 114 valence electrons. The Morgan fingerprint density at radius 2 is 1.68 bits per heavy atom. The maximum Gasteiger partial charge on any atom is 0.227 e. The van der Waals surface area contributed by atoms with E-state index in [0.717, 1.165) is 29.1 Å². The van der Waals surface area contributed by atoms with E-state index in [1.807, 2.05) is 41.3 Å². The Kier molecular flexibility index (Phi) is 4.34. The molecule has 1 aliphatic rings. The highest BCUT2D eigenvalue weighted by molar-refractivity contribution is 9.09. The molecule has 1 fully saturated rings. The van der Waals surface area contributed by atoms with E-state index in [1.165, 1.54) is 0 Å². The lowest BCUT2D eigenvalue weighted by Gasteiger charge is -2.17. The minimum atomic E-state index is 0.177. The largest absolute Gasteiger partial charge is 0.457 e. The maximum atomic E-state index is 12.0. The van der Waals surface area contributed by atoms with Gasteiger partial charge in [-0.25, -0.2) is 0 Å². The second-order valence-corrected chi connectivity index (χ2v) is 6.04. The molecule has 1 aliphatic heterocycles. The van der Waals surface area contributed by atoms with E-state index >= 15 is 0 Å². The van der Waals surface area contributed by atoms with Crippen LogP contribution < -0.4 is 15.4 Å². The molecule has 0 spiro atoms. The van der Waals surface area contributed by atoms with Crippen LogP contribution >= 0.6 is 15.9 Å². The van der Waals surface area contributed by atoms with E-state index < -0.39 is 0 Å². The number of nitrogen functional groups attached to an aromatic ring is 1. The van der Waals surface area contributed by atoms with Crippen LogP contribution in [0.2, 0.25) is 0 Å². The normalized spacial score (nSPS) is 17.8. The number of hydrogen-bond acceptors (Lipinski definition) is 3. The molecule has 2 N–H and O–H groups in total. The van der Waals surface area contributed by atoms with Crippen molar-refractivity contribution in [2.75, 3.05) is 22.5 Å². The molecule has 0 radical (unpaired) electrons. The second-order valence-electron chi connectivity index (χ2n) is 5.39. The van der Waals surface area contributed by atoms with E-state index in [1.54, 1.807) is 12.1 Å². The van der Waals surface area contributed by atoms with Crippen molar-refractivity contribution in [1.82, 2.24) is 0 Å². The van der Waals surface area contributed by atoms with Crippen molar-refractivity contribution in [3.63, 3.8) is 0 Å². The molecule has 1 atom stereocenters. The number of anilines is 2. The lowest BCUT2D eigenvalue weighted by atomic mass is 10.2. The third-order valence-electron chi connectivity index (χ3n) is 3.69. The first-order valence-electron chi connectivity index (χ1n) is 7.15. The van der Waals surface area contributed by atoms with E-state index in [-0.39, 0.29) is 5.91 Å². The molecular formula is C17H17BrN2O2. The maximum absolute atomic E-state index is 12.0. The first-order chi connectivity index (χ1) is 10.7. The molecule has 0 aromatic heterocycles. The van der Waals surface area contributed by atoms with Crippen molar-refractivity contribution in [2.24, 2.45) is 5.92 Å². The molecule has 4 nitrogen and oxygen atoms in total. The van der Waals surface area contributed by atoms with Crippen molar-refractivity contribution in [2.45, 2.75) is 6.42 Å². The summed E-state index contributed by atoms with van der Waals surface area (Å²) >= 11 is 3.45. The molecule has 3 rings (SSSR count). The number of nitrogens with zero attached hydrogens (tertiary/aromatic N) is 1. The van der Waals surface area contributed by atoms with Crippen LogP contribution in [-0.2, 0) is 4.79 Å². The monoisotopic (exact) mass is 360 g/mol. The van der Waals surface area contributed by atoms with E-state index in [2.05, 4.69) is 15.9 Å². The number of ether oxygens (including phenoxy) is 1. The molecule has 1 unspecified atom stereocenters. The molecular weight excluding hydrogens is 344 g/mol. The Morgan fingerprint density at radius 3 is 2.23 bits per heavy atom. The standard InChI is InChI=1S/C17H17BrN2O2/c18-10-12-9-17(21)20(11-12)14-3-7-16(8-4-14)22-15-5-1-13(19)2-6-15/h1-8,12H,9-11,19H2. The summed E-state index contributed by atoms with van der Waals surface area (Å²) in [6, 6.07) is 14.8. The fourth-order valence-corrected chi connectivity index (χ4v) is 2.93. The average molecular weight is 361 g/mol. The van der Waals surface area contributed by atoms with Crippen molar-refractivity contribution >= 4 is 33.2 Å². The predicted molar refractivity (Wildman–Crippen MR) is 91.6 cm³/mol. The fourth-order valence-electron chi connectivity index (χ4n) is 2.50. The van der Waals surface area contributed by atoms with Gasteiger partial charge in [0, 0.05) is 29.7 Å². The van der Waals surface area contributed by atoms with Crippen LogP contribution in [0.15, 0.2) is 48.5 Å². The van der Waals surface area contributed by atoms with Gasteiger partial charge in [0.1, 0.15) is 11.5 Å². The van der Waals surface area contributed by atoms with Gasteiger partial charge in [-0.15, -0.1) is 0 Å². The third kappa shape index (κ3) is 3.25. The van der Waals surface area contributed by atoms with Gasteiger partial charge >= 0.3 is 0 Å². The summed E-state index contributed by atoms with van der Waals surface area (Å²) in [7, 11) is 0. The summed E-state index contributed by atoms with van der Waals surface area (Å²) in [5.41, 5.74) is 7.27. The summed E-state index contributed by atoms with van der Waals surface area (Å²) in [5, 5.41) is 0.855. The lowest BCUT2D eigenvalue weighted by molar-refractivity contribution is -0.117. The quantitative estimate of drug-likeness (QED) is 0.666. The Balaban J connectivity index is 1.70. The predicted octanol–water partition coefficient (Wildman–Crippen LogP) is 3.81. The topological polar surface area (TPSA) is 55.6 Å². The molecule has 22 heavy (non-hydrogen) atoms. The van der Waals surface area contributed by atoms with Gasteiger partial charge in [-0.2, -0.15) is 0 Å². The Hall–Kier alpha value is -2.01. The summed E-state index contributed by atoms with van der Waals surface area (Å²) < 4.78 is 5.75. The molecule has 1 amide bonds. The van der Waals surface area contributed by atoms with Gasteiger partial charge < -0.3 is 15.4 Å². The molecule has 5 heteroatoms. The number of benzene rings is 2. The molecule has 0 bridgehead atoms. The Bertz CT molecular complexity index is 655. The SMILES string of the molecule is Nc1ccc(Oc2ccc(N3CC(CBr)CC3=O)cc2)cc1. The first kappa shape index (κ1) is 14.9. The molecule has 2 aromatic rings. The fraction of sp³-hybridized carbons (Fsp3) is 0.235. The van der Waals surface area contributed by atoms with Gasteiger partial charge in [-0.1, -0.05) is 15.9 Å². The molecule has 0 saturated carbocycles. The van der Waals surface area contributed by atoms with Crippen molar-refractivity contribution < 1.29 is 9.53 Å². The van der Waals surface area contributed by atoms with Crippen LogP contribution in [0.5, 0.6) is 11.5 Å². The van der Waals surface area contributed by atoms with Crippen LogP contribution in [0.1, 0.15) is 6.42 Å². The molecule has 1 heterocycles. The minimum absolute atomic E-state index is 0.177. The highest BCUT2D eigenvalue weighted by Crippen LogP contribution is 2.29. The van der Waals surface area contributed by atoms with E-state index in [0.29, 0.717) is 18.0 Å². The van der Waals surface area contributed by atoms with Gasteiger partial charge in [-0.3, -0.25) is 4.79 Å². The number of carbonyl (C=O) groups is 1. The van der Waals surface area contributed by atoms with Crippen LogP contribution in [0.3, 0.4) is 0 Å². The average Bonchev–Trinajstić information content (AvgIpc) is 2.91. The van der Waals surface area contributed by atoms with Crippen LogP contribution in [0.4, 0.5) is 11.4 Å². The summed E-state index contributed by atoms with van der Waals surface area (Å²) in [4.78, 5) is 13.8. The third-order valence-corrected chi connectivity index (χ3v) is 4.60. The molecule has 1 saturated heterocycles. The first-order valence-corrected chi connectivity index (χ1v) is 8.27. The smallest absolute Gasteiger partial charge is 0.227 e. The van der Waals surface area contributed by atoms with Gasteiger partial charge in [0.2, 0.25) is 5.91 Å². The van der Waals surface area contributed by atoms with Gasteiger partial charge in [-0.05, 0) is 54.4 Å². The number of carbonyl (C=O) groups excluding carboxylic acids is 1. The van der Waals surface area contributed by atoms with Crippen molar-refractivity contribution in [1.29, 1.82) is 0 Å². The van der Waals surface area contributed by atoms with Crippen molar-refractivity contribution in [3.8, 4) is 11.5 Å². The number of nitrogens with two attached hydrogens (primary N) is 1. The minimum Gasteiger partial charge on any atom is -0.457 e. The number of hydrogen-bond donors (Lipinski definition) is 1. The lowest BCUT2D eigenvalue weighted by Crippen LogP contribution is -2.24. The zero-order valence-electron chi connectivity index (χ0n) is 12.0. The van der Waals surface area contributed by atoms with E-state index in [4.69, 9.17) is 10.5 Å².